The summed E-state index contributed by atoms with van der Waals surface area (Å²) in [6, 6.07) is 10.5. The Bertz CT molecular complexity index is 482. The molecule has 0 saturated heterocycles. The standard InChI is InChI=1S/C18H29N3OS.HI/c1-15(23-17-7-5-4-6-8-17)13-20-18(19-2)21(3)11-12-22-14-16-9-10-16;/h4-8,15-16H,9-14H2,1-3H3,(H,19,20);1H. The normalized spacial score (nSPS) is 15.5. The molecular formula is C18H30IN3OS. The van der Waals surface area contributed by atoms with Crippen LogP contribution >= 0.6 is 35.7 Å². The SMILES string of the molecule is CN=C(NCC(C)Sc1ccccc1)N(C)CCOCC1CC1.I. The number of aliphatic imine (C=N–C) groups is 1. The molecule has 1 aromatic rings. The Morgan fingerprint density at radius 2 is 2.08 bits per heavy atom. The van der Waals surface area contributed by atoms with Gasteiger partial charge >= 0.3 is 0 Å². The first-order valence-corrected chi connectivity index (χ1v) is 9.28. The van der Waals surface area contributed by atoms with E-state index >= 15 is 0 Å². The van der Waals surface area contributed by atoms with Gasteiger partial charge in [-0.1, -0.05) is 25.1 Å². The molecule has 1 unspecified atom stereocenters. The van der Waals surface area contributed by atoms with Gasteiger partial charge in [-0.3, -0.25) is 4.99 Å². The van der Waals surface area contributed by atoms with Crippen molar-refractivity contribution >= 4 is 41.7 Å². The summed E-state index contributed by atoms with van der Waals surface area (Å²) in [6.07, 6.45) is 2.69. The number of ether oxygens (including phenoxy) is 1. The summed E-state index contributed by atoms with van der Waals surface area (Å²) in [5.74, 6) is 1.76. The van der Waals surface area contributed by atoms with Crippen LogP contribution in [-0.2, 0) is 4.74 Å². The van der Waals surface area contributed by atoms with Crippen LogP contribution in [0.5, 0.6) is 0 Å². The number of hydrogen-bond acceptors (Lipinski definition) is 3. The Balaban J connectivity index is 0.00000288. The second-order valence-electron chi connectivity index (χ2n) is 6.11. The van der Waals surface area contributed by atoms with E-state index in [4.69, 9.17) is 4.74 Å². The summed E-state index contributed by atoms with van der Waals surface area (Å²) in [6.45, 7) is 5.68. The van der Waals surface area contributed by atoms with Crippen LogP contribution in [0.3, 0.4) is 0 Å². The first-order chi connectivity index (χ1) is 11.2. The van der Waals surface area contributed by atoms with Gasteiger partial charge in [-0.05, 0) is 30.9 Å². The number of thioether (sulfide) groups is 1. The van der Waals surface area contributed by atoms with Crippen LogP contribution in [0.15, 0.2) is 40.2 Å². The molecule has 1 aliphatic rings. The minimum Gasteiger partial charge on any atom is -0.379 e. The fourth-order valence-corrected chi connectivity index (χ4v) is 3.18. The molecule has 1 aromatic carbocycles. The van der Waals surface area contributed by atoms with Crippen LogP contribution in [0.25, 0.3) is 0 Å². The Kier molecular flexibility index (Phi) is 10.8. The molecule has 24 heavy (non-hydrogen) atoms. The lowest BCUT2D eigenvalue weighted by molar-refractivity contribution is 0.115. The minimum atomic E-state index is 0. The zero-order valence-corrected chi connectivity index (χ0v) is 18.1. The van der Waals surface area contributed by atoms with E-state index in [9.17, 15) is 0 Å². The number of hydrogen-bond donors (Lipinski definition) is 1. The van der Waals surface area contributed by atoms with Gasteiger partial charge in [0.2, 0.25) is 0 Å². The Labute approximate surface area is 167 Å². The second kappa shape index (κ2) is 12.0. The number of nitrogens with one attached hydrogen (secondary N) is 1. The fourth-order valence-electron chi connectivity index (χ4n) is 2.23. The van der Waals surface area contributed by atoms with Gasteiger partial charge < -0.3 is 15.0 Å². The summed E-state index contributed by atoms with van der Waals surface area (Å²) < 4.78 is 5.70. The summed E-state index contributed by atoms with van der Waals surface area (Å²) in [7, 11) is 3.89. The Hall–Kier alpha value is -0.470. The highest BCUT2D eigenvalue weighted by atomic mass is 127. The van der Waals surface area contributed by atoms with E-state index in [-0.39, 0.29) is 24.0 Å². The molecule has 0 heterocycles. The summed E-state index contributed by atoms with van der Waals surface area (Å²) in [5.41, 5.74) is 0. The molecule has 6 heteroatoms. The number of halogens is 1. The lowest BCUT2D eigenvalue weighted by Gasteiger charge is -2.23. The third-order valence-corrected chi connectivity index (χ3v) is 4.94. The van der Waals surface area contributed by atoms with Crippen molar-refractivity contribution in [2.45, 2.75) is 29.9 Å². The highest BCUT2D eigenvalue weighted by molar-refractivity contribution is 14.0. The van der Waals surface area contributed by atoms with E-state index in [1.165, 1.54) is 17.7 Å². The largest absolute Gasteiger partial charge is 0.379 e. The fraction of sp³-hybridized carbons (Fsp3) is 0.611. The third kappa shape index (κ3) is 8.58. The van der Waals surface area contributed by atoms with Crippen LogP contribution in [0.2, 0.25) is 0 Å². The van der Waals surface area contributed by atoms with E-state index in [1.54, 1.807) is 0 Å². The van der Waals surface area contributed by atoms with E-state index in [2.05, 4.69) is 59.5 Å². The molecule has 1 N–H and O–H groups in total. The van der Waals surface area contributed by atoms with Crippen molar-refractivity contribution in [3.63, 3.8) is 0 Å². The topological polar surface area (TPSA) is 36.9 Å². The maximum atomic E-state index is 5.70. The third-order valence-electron chi connectivity index (χ3n) is 3.82. The molecule has 0 amide bonds. The first kappa shape index (κ1) is 21.6. The minimum absolute atomic E-state index is 0. The van der Waals surface area contributed by atoms with Gasteiger partial charge in [-0.25, -0.2) is 0 Å². The van der Waals surface area contributed by atoms with Crippen LogP contribution in [0.1, 0.15) is 19.8 Å². The highest BCUT2D eigenvalue weighted by Crippen LogP contribution is 2.28. The molecule has 0 radical (unpaired) electrons. The molecule has 1 atom stereocenters. The average Bonchev–Trinajstić information content (AvgIpc) is 3.37. The highest BCUT2D eigenvalue weighted by Gasteiger charge is 2.21. The number of nitrogens with zero attached hydrogens (tertiary/aromatic N) is 2. The van der Waals surface area contributed by atoms with Gasteiger partial charge in [0, 0.05) is 43.9 Å². The molecule has 1 saturated carbocycles. The predicted octanol–water partition coefficient (Wildman–Crippen LogP) is 3.72. The van der Waals surface area contributed by atoms with E-state index in [1.807, 2.05) is 18.8 Å². The van der Waals surface area contributed by atoms with Crippen molar-refractivity contribution in [2.24, 2.45) is 10.9 Å². The molecule has 0 aromatic heterocycles. The number of benzene rings is 1. The second-order valence-corrected chi connectivity index (χ2v) is 7.62. The van der Waals surface area contributed by atoms with Gasteiger partial charge in [0.15, 0.2) is 5.96 Å². The molecule has 0 aliphatic heterocycles. The van der Waals surface area contributed by atoms with Crippen LogP contribution < -0.4 is 5.32 Å². The van der Waals surface area contributed by atoms with Gasteiger partial charge in [-0.15, -0.1) is 35.7 Å². The maximum absolute atomic E-state index is 5.70. The van der Waals surface area contributed by atoms with E-state index < -0.39 is 0 Å². The number of likely N-dealkylation sites (N-methyl/N-ethyl adjacent to an activating group) is 1. The first-order valence-electron chi connectivity index (χ1n) is 8.40. The molecule has 2 rings (SSSR count). The van der Waals surface area contributed by atoms with Gasteiger partial charge in [0.1, 0.15) is 0 Å². The Morgan fingerprint density at radius 1 is 1.38 bits per heavy atom. The van der Waals surface area contributed by atoms with Gasteiger partial charge in [0.25, 0.3) is 0 Å². The summed E-state index contributed by atoms with van der Waals surface area (Å²) in [5, 5.41) is 3.93. The van der Waals surface area contributed by atoms with Gasteiger partial charge in [-0.2, -0.15) is 0 Å². The molecule has 1 aliphatic carbocycles. The van der Waals surface area contributed by atoms with Crippen molar-refractivity contribution < 1.29 is 4.74 Å². The van der Waals surface area contributed by atoms with E-state index in [0.29, 0.717) is 5.25 Å². The van der Waals surface area contributed by atoms with Crippen molar-refractivity contribution in [1.29, 1.82) is 0 Å². The Morgan fingerprint density at radius 3 is 2.71 bits per heavy atom. The maximum Gasteiger partial charge on any atom is 0.193 e. The zero-order valence-electron chi connectivity index (χ0n) is 14.9. The van der Waals surface area contributed by atoms with Crippen LogP contribution in [-0.4, -0.2) is 56.5 Å². The van der Waals surface area contributed by atoms with E-state index in [0.717, 1.165) is 38.2 Å². The zero-order chi connectivity index (χ0) is 16.5. The lowest BCUT2D eigenvalue weighted by Crippen LogP contribution is -2.42. The molecular weight excluding hydrogens is 433 g/mol. The van der Waals surface area contributed by atoms with Crippen molar-refractivity contribution in [2.75, 3.05) is 40.4 Å². The molecule has 4 nitrogen and oxygen atoms in total. The van der Waals surface area contributed by atoms with Crippen molar-refractivity contribution in [3.05, 3.63) is 30.3 Å². The predicted molar refractivity (Wildman–Crippen MR) is 115 cm³/mol. The van der Waals surface area contributed by atoms with Crippen LogP contribution in [0, 0.1) is 5.92 Å². The summed E-state index contributed by atoms with van der Waals surface area (Å²) >= 11 is 1.88. The smallest absolute Gasteiger partial charge is 0.193 e. The number of rotatable bonds is 9. The molecule has 136 valence electrons. The molecule has 0 bridgehead atoms. The van der Waals surface area contributed by atoms with Crippen LogP contribution in [0.4, 0.5) is 0 Å². The lowest BCUT2D eigenvalue weighted by atomic mass is 10.4. The monoisotopic (exact) mass is 463 g/mol. The van der Waals surface area contributed by atoms with Gasteiger partial charge in [0.05, 0.1) is 6.61 Å². The molecule has 0 spiro atoms. The van der Waals surface area contributed by atoms with Crippen molar-refractivity contribution in [1.82, 2.24) is 10.2 Å². The quantitative estimate of drug-likeness (QED) is 0.199. The average molecular weight is 463 g/mol. The number of guanidine groups is 1. The summed E-state index contributed by atoms with van der Waals surface area (Å²) in [4.78, 5) is 7.80. The van der Waals surface area contributed by atoms with Crippen molar-refractivity contribution in [3.8, 4) is 0 Å². The molecule has 1 fully saturated rings.